The summed E-state index contributed by atoms with van der Waals surface area (Å²) in [6, 6.07) is 7.54. The van der Waals surface area contributed by atoms with E-state index in [1.165, 1.54) is 12.3 Å². The molecule has 162 valence electrons. The number of anilines is 1. The van der Waals surface area contributed by atoms with Crippen molar-refractivity contribution in [3.63, 3.8) is 0 Å². The molecule has 0 fully saturated rings. The highest BCUT2D eigenvalue weighted by Gasteiger charge is 2.34. The molecule has 1 atom stereocenters. The molecule has 1 aromatic heterocycles. The van der Waals surface area contributed by atoms with Gasteiger partial charge in [0.15, 0.2) is 0 Å². The lowest BCUT2D eigenvalue weighted by Crippen LogP contribution is -2.50. The van der Waals surface area contributed by atoms with Gasteiger partial charge < -0.3 is 16.0 Å². The fraction of sp³-hybridized carbons (Fsp3) is 0.350. The monoisotopic (exact) mass is 442 g/mol. The first-order valence-electron chi connectivity index (χ1n) is 9.20. The maximum atomic E-state index is 13.0. The Morgan fingerprint density at radius 2 is 1.77 bits per heavy atom. The summed E-state index contributed by atoms with van der Waals surface area (Å²) in [5.41, 5.74) is -0.527. The molecule has 3 N–H and O–H groups in total. The molecule has 0 radical (unpaired) electrons. The van der Waals surface area contributed by atoms with E-state index < -0.39 is 29.6 Å². The first-order valence-corrected chi connectivity index (χ1v) is 9.57. The SMILES string of the molecule is CC(C)C(NC(=O)c1ccc(Cl)cc1)C(=O)NCCNc1ncccc1C(F)(F)F. The Morgan fingerprint density at radius 1 is 1.10 bits per heavy atom. The van der Waals surface area contributed by atoms with Crippen molar-refractivity contribution < 1.29 is 22.8 Å². The van der Waals surface area contributed by atoms with E-state index in [2.05, 4.69) is 20.9 Å². The molecule has 1 aromatic carbocycles. The minimum Gasteiger partial charge on any atom is -0.368 e. The zero-order valence-corrected chi connectivity index (χ0v) is 17.1. The van der Waals surface area contributed by atoms with Crippen LogP contribution in [-0.4, -0.2) is 35.9 Å². The number of halogens is 4. The van der Waals surface area contributed by atoms with Crippen LogP contribution in [0, 0.1) is 5.92 Å². The Morgan fingerprint density at radius 3 is 2.37 bits per heavy atom. The molecule has 1 unspecified atom stereocenters. The van der Waals surface area contributed by atoms with Crippen LogP contribution in [0.4, 0.5) is 19.0 Å². The lowest BCUT2D eigenvalue weighted by Gasteiger charge is -2.22. The van der Waals surface area contributed by atoms with Gasteiger partial charge in [0, 0.05) is 29.9 Å². The number of alkyl halides is 3. The zero-order chi connectivity index (χ0) is 22.3. The van der Waals surface area contributed by atoms with Crippen molar-refractivity contribution in [3.8, 4) is 0 Å². The minimum atomic E-state index is -4.53. The fourth-order valence-corrected chi connectivity index (χ4v) is 2.74. The van der Waals surface area contributed by atoms with Crippen molar-refractivity contribution in [2.75, 3.05) is 18.4 Å². The average molecular weight is 443 g/mol. The third-order valence-electron chi connectivity index (χ3n) is 4.17. The summed E-state index contributed by atoms with van der Waals surface area (Å²) in [7, 11) is 0. The van der Waals surface area contributed by atoms with Crippen molar-refractivity contribution >= 4 is 29.2 Å². The molecule has 0 aliphatic rings. The number of carbonyl (C=O) groups is 2. The average Bonchev–Trinajstić information content (AvgIpc) is 2.69. The van der Waals surface area contributed by atoms with Crippen LogP contribution >= 0.6 is 11.6 Å². The maximum absolute atomic E-state index is 13.0. The summed E-state index contributed by atoms with van der Waals surface area (Å²) >= 11 is 5.80. The number of nitrogens with zero attached hydrogens (tertiary/aromatic N) is 1. The Kier molecular flexibility index (Phi) is 8.05. The van der Waals surface area contributed by atoms with E-state index in [0.717, 1.165) is 6.07 Å². The number of carbonyl (C=O) groups excluding carboxylic acids is 2. The molecule has 0 spiro atoms. The predicted octanol–water partition coefficient (Wildman–Crippen LogP) is 3.74. The van der Waals surface area contributed by atoms with Gasteiger partial charge in [-0.05, 0) is 42.3 Å². The van der Waals surface area contributed by atoms with Crippen molar-refractivity contribution in [2.24, 2.45) is 5.92 Å². The van der Waals surface area contributed by atoms with Crippen LogP contribution in [0.1, 0.15) is 29.8 Å². The molecule has 30 heavy (non-hydrogen) atoms. The van der Waals surface area contributed by atoms with Gasteiger partial charge in [0.05, 0.1) is 5.56 Å². The third-order valence-corrected chi connectivity index (χ3v) is 4.42. The van der Waals surface area contributed by atoms with E-state index in [4.69, 9.17) is 11.6 Å². The second-order valence-corrected chi connectivity index (χ2v) is 7.25. The molecule has 2 rings (SSSR count). The molecular formula is C20H22ClF3N4O2. The number of rotatable bonds is 8. The van der Waals surface area contributed by atoms with Gasteiger partial charge in [0.25, 0.3) is 5.91 Å². The van der Waals surface area contributed by atoms with E-state index in [0.29, 0.717) is 10.6 Å². The summed E-state index contributed by atoms with van der Waals surface area (Å²) < 4.78 is 38.9. The van der Waals surface area contributed by atoms with Crippen LogP contribution in [0.25, 0.3) is 0 Å². The number of nitrogens with one attached hydrogen (secondary N) is 3. The van der Waals surface area contributed by atoms with E-state index in [1.54, 1.807) is 38.1 Å². The summed E-state index contributed by atoms with van der Waals surface area (Å²) in [6.45, 7) is 3.62. The van der Waals surface area contributed by atoms with Gasteiger partial charge in [0.1, 0.15) is 11.9 Å². The molecule has 6 nitrogen and oxygen atoms in total. The first kappa shape index (κ1) is 23.5. The maximum Gasteiger partial charge on any atom is 0.419 e. The highest BCUT2D eigenvalue weighted by Crippen LogP contribution is 2.33. The molecule has 2 amide bonds. The van der Waals surface area contributed by atoms with Crippen LogP contribution in [0.15, 0.2) is 42.6 Å². The highest BCUT2D eigenvalue weighted by molar-refractivity contribution is 6.30. The van der Waals surface area contributed by atoms with Gasteiger partial charge >= 0.3 is 6.18 Å². The van der Waals surface area contributed by atoms with Crippen LogP contribution < -0.4 is 16.0 Å². The Balaban J connectivity index is 1.90. The topological polar surface area (TPSA) is 83.1 Å². The Bertz CT molecular complexity index is 873. The molecule has 0 bridgehead atoms. The number of aromatic nitrogens is 1. The molecule has 0 saturated heterocycles. The summed E-state index contributed by atoms with van der Waals surface area (Å²) in [6.07, 6.45) is -3.29. The number of amides is 2. The van der Waals surface area contributed by atoms with Crippen LogP contribution in [0.2, 0.25) is 5.02 Å². The van der Waals surface area contributed by atoms with Gasteiger partial charge in [-0.25, -0.2) is 4.98 Å². The van der Waals surface area contributed by atoms with Crippen molar-refractivity contribution in [1.29, 1.82) is 0 Å². The lowest BCUT2D eigenvalue weighted by molar-refractivity contribution is -0.137. The zero-order valence-electron chi connectivity index (χ0n) is 16.4. The summed E-state index contributed by atoms with van der Waals surface area (Å²) in [5, 5.41) is 8.33. The molecule has 0 aliphatic carbocycles. The molecule has 0 aliphatic heterocycles. The number of hydrogen-bond donors (Lipinski definition) is 3. The molecule has 0 saturated carbocycles. The Labute approximate surface area is 177 Å². The molecule has 2 aromatic rings. The predicted molar refractivity (Wildman–Crippen MR) is 108 cm³/mol. The molecule has 1 heterocycles. The minimum absolute atomic E-state index is 0.0295. The van der Waals surface area contributed by atoms with Crippen molar-refractivity contribution in [3.05, 3.63) is 58.7 Å². The summed E-state index contributed by atoms with van der Waals surface area (Å²) in [4.78, 5) is 28.5. The van der Waals surface area contributed by atoms with E-state index in [9.17, 15) is 22.8 Å². The highest BCUT2D eigenvalue weighted by atomic mass is 35.5. The van der Waals surface area contributed by atoms with E-state index in [1.807, 2.05) is 0 Å². The normalized spacial score (nSPS) is 12.4. The van der Waals surface area contributed by atoms with Gasteiger partial charge in [0.2, 0.25) is 5.91 Å². The number of pyridine rings is 1. The van der Waals surface area contributed by atoms with Crippen LogP contribution in [-0.2, 0) is 11.0 Å². The van der Waals surface area contributed by atoms with Gasteiger partial charge in [-0.3, -0.25) is 9.59 Å². The molecule has 10 heteroatoms. The van der Waals surface area contributed by atoms with Crippen molar-refractivity contribution in [1.82, 2.24) is 15.6 Å². The second-order valence-electron chi connectivity index (χ2n) is 6.82. The fourth-order valence-electron chi connectivity index (χ4n) is 2.61. The van der Waals surface area contributed by atoms with E-state index in [-0.39, 0.29) is 24.8 Å². The molecular weight excluding hydrogens is 421 g/mol. The number of benzene rings is 1. The second kappa shape index (κ2) is 10.3. The van der Waals surface area contributed by atoms with Gasteiger partial charge in [-0.15, -0.1) is 0 Å². The van der Waals surface area contributed by atoms with Crippen LogP contribution in [0.5, 0.6) is 0 Å². The quantitative estimate of drug-likeness (QED) is 0.544. The first-order chi connectivity index (χ1) is 14.1. The lowest BCUT2D eigenvalue weighted by atomic mass is 10.0. The number of hydrogen-bond acceptors (Lipinski definition) is 4. The third kappa shape index (κ3) is 6.62. The van der Waals surface area contributed by atoms with Crippen molar-refractivity contribution in [2.45, 2.75) is 26.1 Å². The van der Waals surface area contributed by atoms with Gasteiger partial charge in [-0.2, -0.15) is 13.2 Å². The smallest absolute Gasteiger partial charge is 0.368 e. The largest absolute Gasteiger partial charge is 0.419 e. The standard InChI is InChI=1S/C20H22ClF3N4O2/c1-12(2)16(28-18(29)13-5-7-14(21)8-6-13)19(30)27-11-10-26-17-15(20(22,23)24)4-3-9-25-17/h3-9,12,16H,10-11H2,1-2H3,(H,25,26)(H,27,30)(H,28,29). The van der Waals surface area contributed by atoms with E-state index >= 15 is 0 Å². The van der Waals surface area contributed by atoms with Crippen LogP contribution in [0.3, 0.4) is 0 Å². The van der Waals surface area contributed by atoms with Gasteiger partial charge in [-0.1, -0.05) is 25.4 Å². The Hall–Kier alpha value is -2.81. The summed E-state index contributed by atoms with van der Waals surface area (Å²) in [5.74, 6) is -1.38.